The van der Waals surface area contributed by atoms with Crippen molar-refractivity contribution in [3.05, 3.63) is 35.7 Å². The van der Waals surface area contributed by atoms with Crippen LogP contribution in [0.25, 0.3) is 11.1 Å². The van der Waals surface area contributed by atoms with E-state index in [2.05, 4.69) is 31.4 Å². The van der Waals surface area contributed by atoms with Crippen LogP contribution in [0.4, 0.5) is 0 Å². The fourth-order valence-corrected chi connectivity index (χ4v) is 3.92. The smallest absolute Gasteiger partial charge is 0.139 e. The van der Waals surface area contributed by atoms with Gasteiger partial charge >= 0.3 is 0 Å². The minimum atomic E-state index is 0.192. The first-order valence-corrected chi connectivity index (χ1v) is 10.1. The van der Waals surface area contributed by atoms with Crippen molar-refractivity contribution in [3.8, 4) is 29.2 Å². The summed E-state index contributed by atoms with van der Waals surface area (Å²) in [6, 6.07) is 5.68. The summed E-state index contributed by atoms with van der Waals surface area (Å²) in [5.41, 5.74) is 4.62. The zero-order chi connectivity index (χ0) is 20.2. The summed E-state index contributed by atoms with van der Waals surface area (Å²) < 4.78 is 2.05. The van der Waals surface area contributed by atoms with E-state index in [9.17, 15) is 5.11 Å². The lowest BCUT2D eigenvalue weighted by Crippen LogP contribution is -2.46. The Morgan fingerprint density at radius 3 is 2.86 bits per heavy atom. The van der Waals surface area contributed by atoms with Crippen LogP contribution in [0.5, 0.6) is 5.75 Å². The van der Waals surface area contributed by atoms with Gasteiger partial charge in [-0.3, -0.25) is 4.68 Å². The summed E-state index contributed by atoms with van der Waals surface area (Å²) in [6.07, 6.45) is 9.98. The summed E-state index contributed by atoms with van der Waals surface area (Å²) in [5, 5.41) is 27.2. The maximum atomic E-state index is 10.6. The molecule has 0 aliphatic carbocycles. The van der Waals surface area contributed by atoms with Crippen LogP contribution in [0.3, 0.4) is 0 Å². The van der Waals surface area contributed by atoms with Crippen LogP contribution in [0.2, 0.25) is 0 Å². The van der Waals surface area contributed by atoms with Gasteiger partial charge in [-0.15, -0.1) is 11.5 Å². The molecule has 29 heavy (non-hydrogen) atoms. The van der Waals surface area contributed by atoms with E-state index in [1.54, 1.807) is 6.07 Å². The molecule has 2 aliphatic heterocycles. The van der Waals surface area contributed by atoms with Gasteiger partial charge in [0.15, 0.2) is 0 Å². The van der Waals surface area contributed by atoms with Crippen LogP contribution < -0.4 is 5.32 Å². The number of terminal acetylenes is 1. The molecule has 0 unspecified atom stereocenters. The van der Waals surface area contributed by atoms with E-state index in [1.807, 2.05) is 29.9 Å². The van der Waals surface area contributed by atoms with Crippen molar-refractivity contribution < 1.29 is 5.11 Å². The van der Waals surface area contributed by atoms with Crippen LogP contribution in [0, 0.1) is 12.3 Å². The molecule has 0 spiro atoms. The van der Waals surface area contributed by atoms with E-state index in [4.69, 9.17) is 6.42 Å². The number of amidine groups is 1. The third-order valence-electron chi connectivity index (χ3n) is 5.49. The number of hydrogen-bond donors (Lipinski definition) is 2. The zero-order valence-electron chi connectivity index (χ0n) is 16.7. The van der Waals surface area contributed by atoms with Crippen molar-refractivity contribution in [2.75, 3.05) is 26.2 Å². The highest BCUT2D eigenvalue weighted by molar-refractivity contribution is 6.02. The summed E-state index contributed by atoms with van der Waals surface area (Å²) in [6.45, 7) is 6.37. The molecule has 1 aromatic carbocycles. The number of nitrogens with zero attached hydrogens (tertiary/aromatic N) is 5. The highest BCUT2D eigenvalue weighted by atomic mass is 16.3. The number of hydrogen-bond acceptors (Lipinski definition) is 5. The lowest BCUT2D eigenvalue weighted by atomic mass is 10.0. The van der Waals surface area contributed by atoms with Gasteiger partial charge < -0.3 is 15.3 Å². The predicted octanol–water partition coefficient (Wildman–Crippen LogP) is 2.25. The van der Waals surface area contributed by atoms with Crippen molar-refractivity contribution in [2.24, 2.45) is 10.2 Å². The highest BCUT2D eigenvalue weighted by Crippen LogP contribution is 2.31. The van der Waals surface area contributed by atoms with E-state index in [0.29, 0.717) is 17.7 Å². The summed E-state index contributed by atoms with van der Waals surface area (Å²) >= 11 is 0. The van der Waals surface area contributed by atoms with E-state index in [1.165, 1.54) is 5.69 Å². The molecule has 1 saturated heterocycles. The Hall–Kier alpha value is -3.11. The van der Waals surface area contributed by atoms with Gasteiger partial charge in [0.1, 0.15) is 11.6 Å². The average Bonchev–Trinajstić information content (AvgIpc) is 3.35. The SMILES string of the molecule is C#CC/C(=N\N=C(/C)c1ccc(-c2cnn3c2CCC3)cc1O)N1CCNCC1. The number of benzene rings is 1. The molecule has 0 amide bonds. The molecule has 4 rings (SSSR count). The maximum Gasteiger partial charge on any atom is 0.139 e. The number of aryl methyl sites for hydroxylation is 1. The number of phenolic OH excluding ortho intramolecular Hbond substituents is 1. The number of piperazine rings is 1. The lowest BCUT2D eigenvalue weighted by Gasteiger charge is -2.29. The molecule has 150 valence electrons. The molecule has 2 N–H and O–H groups in total. The largest absolute Gasteiger partial charge is 0.507 e. The van der Waals surface area contributed by atoms with E-state index < -0.39 is 0 Å². The highest BCUT2D eigenvalue weighted by Gasteiger charge is 2.18. The van der Waals surface area contributed by atoms with Crippen molar-refractivity contribution >= 4 is 11.5 Å². The fraction of sp³-hybridized carbons (Fsp3) is 0.409. The number of nitrogens with one attached hydrogen (secondary N) is 1. The monoisotopic (exact) mass is 390 g/mol. The minimum absolute atomic E-state index is 0.192. The summed E-state index contributed by atoms with van der Waals surface area (Å²) in [7, 11) is 0. The van der Waals surface area contributed by atoms with Gasteiger partial charge in [0.2, 0.25) is 0 Å². The Bertz CT molecular complexity index is 991. The second-order valence-electron chi connectivity index (χ2n) is 7.38. The average molecular weight is 390 g/mol. The van der Waals surface area contributed by atoms with Crippen LogP contribution >= 0.6 is 0 Å². The van der Waals surface area contributed by atoms with Gasteiger partial charge in [0.25, 0.3) is 0 Å². The lowest BCUT2D eigenvalue weighted by molar-refractivity contribution is 0.353. The third kappa shape index (κ3) is 4.03. The molecule has 3 heterocycles. The molecule has 1 fully saturated rings. The molecule has 0 bridgehead atoms. The fourth-order valence-electron chi connectivity index (χ4n) is 3.92. The standard InChI is InChI=1S/C22H26N6O/c1-3-5-22(27-12-9-23-10-13-27)26-25-16(2)18-8-7-17(14-21(18)29)19-15-24-28-11-4-6-20(19)28/h1,7-8,14-15,23,29H,4-6,9-13H2,2H3/b25-16+,26-22+. The molecule has 0 saturated carbocycles. The quantitative estimate of drug-likeness (QED) is 0.363. The van der Waals surface area contributed by atoms with E-state index in [-0.39, 0.29) is 5.75 Å². The Morgan fingerprint density at radius 1 is 1.28 bits per heavy atom. The number of phenols is 1. The number of aromatic nitrogens is 2. The second kappa shape index (κ2) is 8.50. The molecular weight excluding hydrogens is 364 g/mol. The normalized spacial score (nSPS) is 17.3. The summed E-state index contributed by atoms with van der Waals surface area (Å²) in [5.74, 6) is 3.65. The van der Waals surface area contributed by atoms with Crippen molar-refractivity contribution in [3.63, 3.8) is 0 Å². The van der Waals surface area contributed by atoms with Gasteiger partial charge in [-0.25, -0.2) is 0 Å². The Morgan fingerprint density at radius 2 is 2.10 bits per heavy atom. The van der Waals surface area contributed by atoms with Crippen LogP contribution in [-0.4, -0.2) is 57.5 Å². The number of rotatable bonds is 4. The van der Waals surface area contributed by atoms with E-state index >= 15 is 0 Å². The molecule has 0 radical (unpaired) electrons. The third-order valence-corrected chi connectivity index (χ3v) is 5.49. The first-order valence-electron chi connectivity index (χ1n) is 10.1. The predicted molar refractivity (Wildman–Crippen MR) is 115 cm³/mol. The Labute approximate surface area is 171 Å². The first-order chi connectivity index (χ1) is 14.2. The van der Waals surface area contributed by atoms with Crippen molar-refractivity contribution in [1.29, 1.82) is 0 Å². The zero-order valence-corrected chi connectivity index (χ0v) is 16.7. The van der Waals surface area contributed by atoms with Gasteiger partial charge in [-0.2, -0.15) is 10.2 Å². The Kier molecular flexibility index (Phi) is 5.63. The van der Waals surface area contributed by atoms with Gasteiger partial charge in [-0.1, -0.05) is 12.0 Å². The molecule has 2 aliphatic rings. The molecule has 0 atom stereocenters. The summed E-state index contributed by atoms with van der Waals surface area (Å²) in [4.78, 5) is 2.16. The second-order valence-corrected chi connectivity index (χ2v) is 7.38. The van der Waals surface area contributed by atoms with Gasteiger partial charge in [0, 0.05) is 49.5 Å². The van der Waals surface area contributed by atoms with E-state index in [0.717, 1.165) is 62.5 Å². The number of fused-ring (bicyclic) bond motifs is 1. The maximum absolute atomic E-state index is 10.6. The van der Waals surface area contributed by atoms with Crippen LogP contribution in [0.15, 0.2) is 34.6 Å². The van der Waals surface area contributed by atoms with Crippen molar-refractivity contribution in [2.45, 2.75) is 32.7 Å². The molecule has 1 aromatic heterocycles. The minimum Gasteiger partial charge on any atom is -0.507 e. The van der Waals surface area contributed by atoms with Crippen molar-refractivity contribution in [1.82, 2.24) is 20.0 Å². The molecule has 7 nitrogen and oxygen atoms in total. The van der Waals surface area contributed by atoms with Gasteiger partial charge in [0.05, 0.1) is 18.3 Å². The van der Waals surface area contributed by atoms with Crippen LogP contribution in [0.1, 0.15) is 31.0 Å². The molecule has 2 aromatic rings. The topological polar surface area (TPSA) is 78.0 Å². The number of aromatic hydroxyl groups is 1. The van der Waals surface area contributed by atoms with Gasteiger partial charge in [-0.05, 0) is 37.5 Å². The molecular formula is C22H26N6O. The molecule has 7 heteroatoms. The van der Waals surface area contributed by atoms with Crippen LogP contribution in [-0.2, 0) is 13.0 Å². The Balaban J connectivity index is 1.57. The first kappa shape index (κ1) is 19.2.